The van der Waals surface area contributed by atoms with Gasteiger partial charge in [-0.25, -0.2) is 0 Å². The van der Waals surface area contributed by atoms with Gasteiger partial charge in [-0.3, -0.25) is 4.79 Å². The van der Waals surface area contributed by atoms with Crippen molar-refractivity contribution >= 4 is 23.1 Å². The van der Waals surface area contributed by atoms with Crippen LogP contribution in [0.1, 0.15) is 25.8 Å². The number of carbonyl (C=O) groups excluding carboxylic acids is 1. The molecular formula is C14H20N2O2S. The van der Waals surface area contributed by atoms with Gasteiger partial charge in [0.05, 0.1) is 0 Å². The monoisotopic (exact) mass is 280 g/mol. The summed E-state index contributed by atoms with van der Waals surface area (Å²) in [4.78, 5) is 13.9. The van der Waals surface area contributed by atoms with Gasteiger partial charge in [0, 0.05) is 18.7 Å². The van der Waals surface area contributed by atoms with E-state index in [0.29, 0.717) is 10.7 Å². The first-order valence-corrected chi connectivity index (χ1v) is 6.64. The molecule has 0 aliphatic rings. The summed E-state index contributed by atoms with van der Waals surface area (Å²) in [7, 11) is 1.79. The molecule has 0 saturated heterocycles. The van der Waals surface area contributed by atoms with Crippen molar-refractivity contribution in [2.45, 2.75) is 26.3 Å². The van der Waals surface area contributed by atoms with Crippen molar-refractivity contribution < 1.29 is 9.53 Å². The van der Waals surface area contributed by atoms with Crippen LogP contribution in [0.25, 0.3) is 0 Å². The Hall–Kier alpha value is -1.62. The van der Waals surface area contributed by atoms with Crippen LogP contribution in [-0.2, 0) is 4.79 Å². The van der Waals surface area contributed by atoms with E-state index in [-0.39, 0.29) is 18.6 Å². The molecule has 1 aromatic rings. The number of hydrogen-bond acceptors (Lipinski definition) is 3. The fourth-order valence-electron chi connectivity index (χ4n) is 1.48. The van der Waals surface area contributed by atoms with Crippen molar-refractivity contribution in [3.05, 3.63) is 29.8 Å². The van der Waals surface area contributed by atoms with Crippen molar-refractivity contribution in [2.75, 3.05) is 13.7 Å². The number of amides is 1. The van der Waals surface area contributed by atoms with Crippen LogP contribution < -0.4 is 10.5 Å². The van der Waals surface area contributed by atoms with Crippen LogP contribution in [0.5, 0.6) is 5.75 Å². The van der Waals surface area contributed by atoms with E-state index >= 15 is 0 Å². The maximum Gasteiger partial charge on any atom is 0.260 e. The van der Waals surface area contributed by atoms with Crippen molar-refractivity contribution in [1.82, 2.24) is 4.90 Å². The van der Waals surface area contributed by atoms with Crippen LogP contribution in [0.3, 0.4) is 0 Å². The van der Waals surface area contributed by atoms with E-state index in [1.54, 1.807) is 36.2 Å². The minimum absolute atomic E-state index is 0.0345. The minimum Gasteiger partial charge on any atom is -0.484 e. The second-order valence-corrected chi connectivity index (χ2v) is 4.88. The predicted octanol–water partition coefficient (Wildman–Crippen LogP) is 1.96. The van der Waals surface area contributed by atoms with Crippen LogP contribution in [-0.4, -0.2) is 35.5 Å². The lowest BCUT2D eigenvalue weighted by Crippen LogP contribution is -2.37. The molecule has 0 radical (unpaired) electrons. The molecular weight excluding hydrogens is 260 g/mol. The number of ether oxygens (including phenoxy) is 1. The van der Waals surface area contributed by atoms with Crippen molar-refractivity contribution in [2.24, 2.45) is 5.73 Å². The zero-order valence-electron chi connectivity index (χ0n) is 11.6. The van der Waals surface area contributed by atoms with Gasteiger partial charge >= 0.3 is 0 Å². The molecule has 1 unspecified atom stereocenters. The lowest BCUT2D eigenvalue weighted by atomic mass is 10.2. The summed E-state index contributed by atoms with van der Waals surface area (Å²) in [6.45, 7) is 4.09. The summed E-state index contributed by atoms with van der Waals surface area (Å²) < 4.78 is 5.44. The highest BCUT2D eigenvalue weighted by Gasteiger charge is 2.14. The Bertz CT molecular complexity index is 445. The van der Waals surface area contributed by atoms with Crippen LogP contribution in [0.15, 0.2) is 24.3 Å². The molecule has 5 heteroatoms. The second-order valence-electron chi connectivity index (χ2n) is 4.44. The van der Waals surface area contributed by atoms with Crippen LogP contribution in [0.4, 0.5) is 0 Å². The second kappa shape index (κ2) is 7.09. The minimum atomic E-state index is -0.0345. The standard InChI is InChI=1S/C14H20N2O2S/c1-4-10(2)16(3)13(17)9-18-12-7-5-11(6-8-12)14(15)19/h5-8,10H,4,9H2,1-3H3,(H2,15,19). The number of benzene rings is 1. The Kier molecular flexibility index (Phi) is 5.76. The van der Waals surface area contributed by atoms with Gasteiger partial charge in [-0.1, -0.05) is 19.1 Å². The van der Waals surface area contributed by atoms with E-state index in [0.717, 1.165) is 12.0 Å². The lowest BCUT2D eigenvalue weighted by Gasteiger charge is -2.23. The molecule has 0 aliphatic carbocycles. The third-order valence-electron chi connectivity index (χ3n) is 3.15. The number of hydrogen-bond donors (Lipinski definition) is 1. The molecule has 0 spiro atoms. The summed E-state index contributed by atoms with van der Waals surface area (Å²) in [5, 5.41) is 0. The topological polar surface area (TPSA) is 55.6 Å². The van der Waals surface area contributed by atoms with Gasteiger partial charge in [-0.15, -0.1) is 0 Å². The van der Waals surface area contributed by atoms with Crippen molar-refractivity contribution in [3.63, 3.8) is 0 Å². The number of carbonyl (C=O) groups is 1. The van der Waals surface area contributed by atoms with Gasteiger partial charge in [0.1, 0.15) is 10.7 Å². The van der Waals surface area contributed by atoms with Gasteiger partial charge in [0.2, 0.25) is 0 Å². The highest BCUT2D eigenvalue weighted by molar-refractivity contribution is 7.80. The molecule has 1 atom stereocenters. The van der Waals surface area contributed by atoms with E-state index in [1.807, 2.05) is 13.8 Å². The molecule has 1 amide bonds. The number of likely N-dealkylation sites (N-methyl/N-ethyl adjacent to an activating group) is 1. The quantitative estimate of drug-likeness (QED) is 0.809. The van der Waals surface area contributed by atoms with Crippen molar-refractivity contribution in [1.29, 1.82) is 0 Å². The molecule has 104 valence electrons. The first-order valence-electron chi connectivity index (χ1n) is 6.24. The summed E-state index contributed by atoms with van der Waals surface area (Å²) in [6, 6.07) is 7.28. The Morgan fingerprint density at radius 2 is 2.00 bits per heavy atom. The highest BCUT2D eigenvalue weighted by Crippen LogP contribution is 2.12. The third-order valence-corrected chi connectivity index (χ3v) is 3.38. The molecule has 1 aromatic carbocycles. The first kappa shape index (κ1) is 15.4. The lowest BCUT2D eigenvalue weighted by molar-refractivity contribution is -0.133. The third kappa shape index (κ3) is 4.52. The molecule has 0 heterocycles. The largest absolute Gasteiger partial charge is 0.484 e. The zero-order chi connectivity index (χ0) is 14.4. The summed E-state index contributed by atoms with van der Waals surface area (Å²) >= 11 is 4.86. The van der Waals surface area contributed by atoms with E-state index in [2.05, 4.69) is 0 Å². The normalized spacial score (nSPS) is 11.7. The summed E-state index contributed by atoms with van der Waals surface area (Å²) in [6.07, 6.45) is 0.922. The van der Waals surface area contributed by atoms with Gasteiger partial charge in [-0.2, -0.15) is 0 Å². The van der Waals surface area contributed by atoms with Crippen LogP contribution in [0.2, 0.25) is 0 Å². The molecule has 1 rings (SSSR count). The van der Waals surface area contributed by atoms with Crippen LogP contribution in [0, 0.1) is 0 Å². The maximum absolute atomic E-state index is 11.9. The van der Waals surface area contributed by atoms with Gasteiger partial charge in [-0.05, 0) is 37.6 Å². The summed E-state index contributed by atoms with van der Waals surface area (Å²) in [5.41, 5.74) is 6.29. The number of nitrogens with zero attached hydrogens (tertiary/aromatic N) is 1. The average molecular weight is 280 g/mol. The molecule has 4 nitrogen and oxygen atoms in total. The highest BCUT2D eigenvalue weighted by atomic mass is 32.1. The molecule has 2 N–H and O–H groups in total. The van der Waals surface area contributed by atoms with Crippen LogP contribution >= 0.6 is 12.2 Å². The molecule has 0 aromatic heterocycles. The molecule has 0 fully saturated rings. The number of thiocarbonyl (C=S) groups is 1. The molecule has 19 heavy (non-hydrogen) atoms. The van der Waals surface area contributed by atoms with E-state index < -0.39 is 0 Å². The smallest absolute Gasteiger partial charge is 0.260 e. The molecule has 0 saturated carbocycles. The van der Waals surface area contributed by atoms with Gasteiger partial charge < -0.3 is 15.4 Å². The average Bonchev–Trinajstić information content (AvgIpc) is 2.43. The van der Waals surface area contributed by atoms with E-state index in [9.17, 15) is 4.79 Å². The summed E-state index contributed by atoms with van der Waals surface area (Å²) in [5.74, 6) is 0.596. The Morgan fingerprint density at radius 3 is 2.47 bits per heavy atom. The number of rotatable bonds is 6. The fraction of sp³-hybridized carbons (Fsp3) is 0.429. The zero-order valence-corrected chi connectivity index (χ0v) is 12.4. The molecule has 0 bridgehead atoms. The van der Waals surface area contributed by atoms with Gasteiger partial charge in [0.15, 0.2) is 6.61 Å². The van der Waals surface area contributed by atoms with Gasteiger partial charge in [0.25, 0.3) is 5.91 Å². The SMILES string of the molecule is CCC(C)N(C)C(=O)COc1ccc(C(N)=S)cc1. The Balaban J connectivity index is 2.52. The first-order chi connectivity index (χ1) is 8.95. The number of nitrogens with two attached hydrogens (primary N) is 1. The maximum atomic E-state index is 11.9. The Morgan fingerprint density at radius 1 is 1.42 bits per heavy atom. The Labute approximate surface area is 119 Å². The predicted molar refractivity (Wildman–Crippen MR) is 80.3 cm³/mol. The van der Waals surface area contributed by atoms with Crippen molar-refractivity contribution in [3.8, 4) is 5.75 Å². The fourth-order valence-corrected chi connectivity index (χ4v) is 1.62. The van der Waals surface area contributed by atoms with E-state index in [1.165, 1.54) is 0 Å². The van der Waals surface area contributed by atoms with E-state index in [4.69, 9.17) is 22.7 Å². The molecule has 0 aliphatic heterocycles.